The summed E-state index contributed by atoms with van der Waals surface area (Å²) in [5.74, 6) is 7.17. The number of hydrogen-bond acceptors (Lipinski definition) is 4. The van der Waals surface area contributed by atoms with E-state index in [0.29, 0.717) is 5.92 Å². The monoisotopic (exact) mass is 254 g/mol. The standard InChI is InChI=1S/C13H26N4O/c1-5-8-17-13(12(18-4)9-15-17)11(16-14)7-6-10(2)3/h9-11,16H,5-8,14H2,1-4H3. The second-order valence-corrected chi connectivity index (χ2v) is 5.01. The fourth-order valence-electron chi connectivity index (χ4n) is 2.08. The molecule has 1 rings (SSSR count). The van der Waals surface area contributed by atoms with E-state index in [4.69, 9.17) is 10.6 Å². The average Bonchev–Trinajstić information content (AvgIpc) is 2.74. The molecule has 5 heteroatoms. The lowest BCUT2D eigenvalue weighted by atomic mass is 10.0. The van der Waals surface area contributed by atoms with Crippen LogP contribution in [0.2, 0.25) is 0 Å². The van der Waals surface area contributed by atoms with Gasteiger partial charge in [-0.05, 0) is 25.2 Å². The number of aromatic nitrogens is 2. The highest BCUT2D eigenvalue weighted by Gasteiger charge is 2.20. The molecule has 0 aliphatic heterocycles. The summed E-state index contributed by atoms with van der Waals surface area (Å²) in [4.78, 5) is 0. The van der Waals surface area contributed by atoms with E-state index in [1.165, 1.54) is 0 Å². The predicted octanol–water partition coefficient (Wildman–Crippen LogP) is 2.24. The Bertz CT molecular complexity index is 349. The lowest BCUT2D eigenvalue weighted by Crippen LogP contribution is -2.30. The van der Waals surface area contributed by atoms with E-state index >= 15 is 0 Å². The molecule has 1 unspecified atom stereocenters. The highest BCUT2D eigenvalue weighted by atomic mass is 16.5. The third-order valence-electron chi connectivity index (χ3n) is 3.06. The highest BCUT2D eigenvalue weighted by Crippen LogP contribution is 2.28. The molecule has 5 nitrogen and oxygen atoms in total. The molecule has 1 aromatic heterocycles. The van der Waals surface area contributed by atoms with E-state index in [-0.39, 0.29) is 6.04 Å². The van der Waals surface area contributed by atoms with Crippen LogP contribution in [0.5, 0.6) is 5.75 Å². The molecule has 0 saturated heterocycles. The number of nitrogens with one attached hydrogen (secondary N) is 1. The van der Waals surface area contributed by atoms with Gasteiger partial charge in [0.15, 0.2) is 5.75 Å². The minimum Gasteiger partial charge on any atom is -0.493 e. The van der Waals surface area contributed by atoms with Gasteiger partial charge in [-0.3, -0.25) is 16.0 Å². The smallest absolute Gasteiger partial charge is 0.161 e. The Hall–Kier alpha value is -1.07. The molecule has 0 saturated carbocycles. The van der Waals surface area contributed by atoms with Crippen LogP contribution in [-0.2, 0) is 6.54 Å². The summed E-state index contributed by atoms with van der Waals surface area (Å²) in [5, 5.41) is 4.37. The van der Waals surface area contributed by atoms with Crippen LogP contribution in [0, 0.1) is 5.92 Å². The van der Waals surface area contributed by atoms with Crippen LogP contribution in [0.4, 0.5) is 0 Å². The van der Waals surface area contributed by atoms with E-state index in [1.807, 2.05) is 4.68 Å². The first-order valence-electron chi connectivity index (χ1n) is 6.69. The van der Waals surface area contributed by atoms with Gasteiger partial charge in [0.05, 0.1) is 25.0 Å². The summed E-state index contributed by atoms with van der Waals surface area (Å²) < 4.78 is 7.37. The van der Waals surface area contributed by atoms with Crippen molar-refractivity contribution in [3.8, 4) is 5.75 Å². The third-order valence-corrected chi connectivity index (χ3v) is 3.06. The molecular formula is C13H26N4O. The van der Waals surface area contributed by atoms with Crippen molar-refractivity contribution < 1.29 is 4.74 Å². The number of methoxy groups -OCH3 is 1. The summed E-state index contributed by atoms with van der Waals surface area (Å²) in [7, 11) is 1.67. The zero-order valence-corrected chi connectivity index (χ0v) is 11.9. The average molecular weight is 254 g/mol. The first-order chi connectivity index (χ1) is 8.63. The van der Waals surface area contributed by atoms with Crippen LogP contribution in [0.3, 0.4) is 0 Å². The van der Waals surface area contributed by atoms with Crippen LogP contribution < -0.4 is 16.0 Å². The molecule has 1 atom stereocenters. The van der Waals surface area contributed by atoms with E-state index in [0.717, 1.165) is 37.3 Å². The first-order valence-corrected chi connectivity index (χ1v) is 6.69. The van der Waals surface area contributed by atoms with Crippen LogP contribution in [0.25, 0.3) is 0 Å². The topological polar surface area (TPSA) is 65.1 Å². The van der Waals surface area contributed by atoms with Crippen LogP contribution in [0.1, 0.15) is 51.8 Å². The molecule has 0 bridgehead atoms. The minimum absolute atomic E-state index is 0.0939. The molecule has 1 aromatic rings. The van der Waals surface area contributed by atoms with Gasteiger partial charge in [0.1, 0.15) is 0 Å². The molecular weight excluding hydrogens is 228 g/mol. The highest BCUT2D eigenvalue weighted by molar-refractivity contribution is 5.28. The molecule has 0 radical (unpaired) electrons. The quantitative estimate of drug-likeness (QED) is 0.551. The SMILES string of the molecule is CCCn1ncc(OC)c1C(CCC(C)C)NN. The Labute approximate surface area is 110 Å². The zero-order chi connectivity index (χ0) is 13.5. The van der Waals surface area contributed by atoms with Crippen molar-refractivity contribution in [2.24, 2.45) is 11.8 Å². The van der Waals surface area contributed by atoms with Crippen LogP contribution >= 0.6 is 0 Å². The maximum absolute atomic E-state index is 5.69. The Kier molecular flexibility index (Phi) is 6.15. The first kappa shape index (κ1) is 15.0. The maximum Gasteiger partial charge on any atom is 0.161 e. The second kappa shape index (κ2) is 7.38. The summed E-state index contributed by atoms with van der Waals surface area (Å²) in [6, 6.07) is 0.0939. The molecule has 0 spiro atoms. The lowest BCUT2D eigenvalue weighted by Gasteiger charge is -2.19. The number of ether oxygens (including phenoxy) is 1. The lowest BCUT2D eigenvalue weighted by molar-refractivity contribution is 0.373. The van der Waals surface area contributed by atoms with Crippen molar-refractivity contribution in [3.05, 3.63) is 11.9 Å². The number of aryl methyl sites for hydroxylation is 1. The van der Waals surface area contributed by atoms with Gasteiger partial charge >= 0.3 is 0 Å². The zero-order valence-electron chi connectivity index (χ0n) is 11.9. The number of nitrogens with zero attached hydrogens (tertiary/aromatic N) is 2. The Morgan fingerprint density at radius 3 is 2.67 bits per heavy atom. The summed E-state index contributed by atoms with van der Waals surface area (Å²) in [5.41, 5.74) is 3.95. The molecule has 104 valence electrons. The Morgan fingerprint density at radius 2 is 2.17 bits per heavy atom. The van der Waals surface area contributed by atoms with Gasteiger partial charge in [0.25, 0.3) is 0 Å². The molecule has 0 aliphatic rings. The number of nitrogens with two attached hydrogens (primary N) is 1. The number of hydrazine groups is 1. The van der Waals surface area contributed by atoms with Crippen molar-refractivity contribution in [1.29, 1.82) is 0 Å². The molecule has 1 heterocycles. The van der Waals surface area contributed by atoms with Gasteiger partial charge < -0.3 is 4.74 Å². The van der Waals surface area contributed by atoms with Gasteiger partial charge in [0.2, 0.25) is 0 Å². The summed E-state index contributed by atoms with van der Waals surface area (Å²) >= 11 is 0. The van der Waals surface area contributed by atoms with Gasteiger partial charge in [-0.25, -0.2) is 0 Å². The van der Waals surface area contributed by atoms with E-state index in [1.54, 1.807) is 13.3 Å². The second-order valence-electron chi connectivity index (χ2n) is 5.01. The van der Waals surface area contributed by atoms with Crippen LogP contribution in [0.15, 0.2) is 6.20 Å². The van der Waals surface area contributed by atoms with Gasteiger partial charge in [-0.1, -0.05) is 20.8 Å². The van der Waals surface area contributed by atoms with E-state index in [2.05, 4.69) is 31.3 Å². The predicted molar refractivity (Wildman–Crippen MR) is 73.2 cm³/mol. The molecule has 0 amide bonds. The van der Waals surface area contributed by atoms with Crippen molar-refractivity contribution in [2.45, 2.75) is 52.6 Å². The third kappa shape index (κ3) is 3.71. The van der Waals surface area contributed by atoms with Crippen molar-refractivity contribution in [2.75, 3.05) is 7.11 Å². The summed E-state index contributed by atoms with van der Waals surface area (Å²) in [6.45, 7) is 7.46. The Balaban J connectivity index is 2.90. The van der Waals surface area contributed by atoms with Crippen LogP contribution in [-0.4, -0.2) is 16.9 Å². The molecule has 0 aliphatic carbocycles. The number of hydrogen-bond donors (Lipinski definition) is 2. The fourth-order valence-corrected chi connectivity index (χ4v) is 2.08. The van der Waals surface area contributed by atoms with Crippen molar-refractivity contribution >= 4 is 0 Å². The largest absolute Gasteiger partial charge is 0.493 e. The normalized spacial score (nSPS) is 13.0. The fraction of sp³-hybridized carbons (Fsp3) is 0.769. The van der Waals surface area contributed by atoms with E-state index in [9.17, 15) is 0 Å². The molecule has 0 aromatic carbocycles. The molecule has 0 fully saturated rings. The summed E-state index contributed by atoms with van der Waals surface area (Å²) in [6.07, 6.45) is 4.92. The van der Waals surface area contributed by atoms with Crippen molar-refractivity contribution in [1.82, 2.24) is 15.2 Å². The molecule has 18 heavy (non-hydrogen) atoms. The van der Waals surface area contributed by atoms with Crippen molar-refractivity contribution in [3.63, 3.8) is 0 Å². The molecule has 3 N–H and O–H groups in total. The number of rotatable bonds is 8. The minimum atomic E-state index is 0.0939. The van der Waals surface area contributed by atoms with Gasteiger partial charge in [0, 0.05) is 6.54 Å². The van der Waals surface area contributed by atoms with E-state index < -0.39 is 0 Å². The van der Waals surface area contributed by atoms with Gasteiger partial charge in [-0.15, -0.1) is 0 Å². The Morgan fingerprint density at radius 1 is 1.44 bits per heavy atom. The maximum atomic E-state index is 5.69. The van der Waals surface area contributed by atoms with Gasteiger partial charge in [-0.2, -0.15) is 5.10 Å².